The van der Waals surface area contributed by atoms with Crippen LogP contribution in [0, 0.1) is 23.7 Å². The summed E-state index contributed by atoms with van der Waals surface area (Å²) in [6.45, 7) is 2.45. The van der Waals surface area contributed by atoms with Crippen molar-refractivity contribution in [1.29, 1.82) is 0 Å². The second kappa shape index (κ2) is 4.01. The van der Waals surface area contributed by atoms with E-state index in [-0.39, 0.29) is 5.54 Å². The summed E-state index contributed by atoms with van der Waals surface area (Å²) in [5.41, 5.74) is 7.00. The zero-order chi connectivity index (χ0) is 11.2. The second-order valence-corrected chi connectivity index (χ2v) is 6.98. The second-order valence-electron chi connectivity index (χ2n) is 6.98. The van der Waals surface area contributed by atoms with Gasteiger partial charge in [0.2, 0.25) is 0 Å². The lowest BCUT2D eigenvalue weighted by molar-refractivity contribution is 0.162. The van der Waals surface area contributed by atoms with Gasteiger partial charge in [-0.25, -0.2) is 0 Å². The fourth-order valence-corrected chi connectivity index (χ4v) is 4.64. The van der Waals surface area contributed by atoms with E-state index in [0.29, 0.717) is 0 Å². The first-order valence-electron chi connectivity index (χ1n) is 7.48. The van der Waals surface area contributed by atoms with Crippen molar-refractivity contribution in [3.8, 4) is 0 Å². The first-order valence-corrected chi connectivity index (χ1v) is 7.48. The minimum Gasteiger partial charge on any atom is -0.325 e. The predicted molar refractivity (Wildman–Crippen MR) is 68.1 cm³/mol. The molecule has 0 aromatic heterocycles. The van der Waals surface area contributed by atoms with Gasteiger partial charge < -0.3 is 5.73 Å². The number of rotatable bonds is 1. The highest BCUT2D eigenvalue weighted by atomic mass is 14.8. The van der Waals surface area contributed by atoms with Crippen LogP contribution in [0.3, 0.4) is 0 Å². The summed E-state index contributed by atoms with van der Waals surface area (Å²) in [5, 5.41) is 0. The molecule has 0 aliphatic heterocycles. The Balaban J connectivity index is 1.73. The maximum atomic E-state index is 6.77. The maximum Gasteiger partial charge on any atom is 0.0185 e. The third kappa shape index (κ3) is 1.92. The zero-order valence-electron chi connectivity index (χ0n) is 10.8. The van der Waals surface area contributed by atoms with Crippen LogP contribution in [0.25, 0.3) is 0 Å². The molecule has 1 heteroatoms. The van der Waals surface area contributed by atoms with Crippen molar-refractivity contribution in [1.82, 2.24) is 0 Å². The molecular formula is C15H27N. The van der Waals surface area contributed by atoms with Gasteiger partial charge in [0, 0.05) is 5.54 Å². The highest BCUT2D eigenvalue weighted by molar-refractivity contribution is 5.05. The molecule has 0 spiro atoms. The molecule has 3 saturated carbocycles. The van der Waals surface area contributed by atoms with Crippen molar-refractivity contribution in [2.75, 3.05) is 0 Å². The molecule has 3 aliphatic rings. The molecule has 4 atom stereocenters. The smallest absolute Gasteiger partial charge is 0.0185 e. The van der Waals surface area contributed by atoms with Crippen LogP contribution in [-0.4, -0.2) is 5.54 Å². The average molecular weight is 221 g/mol. The van der Waals surface area contributed by atoms with E-state index in [2.05, 4.69) is 6.92 Å². The Hall–Kier alpha value is -0.0400. The van der Waals surface area contributed by atoms with E-state index < -0.39 is 0 Å². The van der Waals surface area contributed by atoms with Crippen molar-refractivity contribution in [3.63, 3.8) is 0 Å². The van der Waals surface area contributed by atoms with Gasteiger partial charge in [-0.2, -0.15) is 0 Å². The van der Waals surface area contributed by atoms with E-state index in [1.165, 1.54) is 57.8 Å². The first-order chi connectivity index (χ1) is 7.69. The van der Waals surface area contributed by atoms with E-state index in [1.54, 1.807) is 0 Å². The van der Waals surface area contributed by atoms with Gasteiger partial charge in [-0.1, -0.05) is 32.6 Å². The van der Waals surface area contributed by atoms with Gasteiger partial charge in [-0.15, -0.1) is 0 Å². The molecule has 1 nitrogen and oxygen atoms in total. The number of nitrogens with two attached hydrogens (primary N) is 1. The van der Waals surface area contributed by atoms with Crippen LogP contribution in [0.15, 0.2) is 0 Å². The Morgan fingerprint density at radius 2 is 1.75 bits per heavy atom. The molecule has 3 aliphatic carbocycles. The van der Waals surface area contributed by atoms with Gasteiger partial charge in [0.05, 0.1) is 0 Å². The molecule has 3 rings (SSSR count). The third-order valence-corrected chi connectivity index (χ3v) is 5.69. The van der Waals surface area contributed by atoms with E-state index in [0.717, 1.165) is 23.7 Å². The Kier molecular flexibility index (Phi) is 2.78. The highest BCUT2D eigenvalue weighted by Crippen LogP contribution is 2.57. The molecule has 16 heavy (non-hydrogen) atoms. The Morgan fingerprint density at radius 1 is 1.00 bits per heavy atom. The molecule has 0 heterocycles. The SMILES string of the molecule is CC1CCC(C2(N)CCCCC2)C2CC2C1. The fourth-order valence-electron chi connectivity index (χ4n) is 4.64. The molecular weight excluding hydrogens is 194 g/mol. The molecule has 0 bridgehead atoms. The third-order valence-electron chi connectivity index (χ3n) is 5.69. The van der Waals surface area contributed by atoms with Crippen LogP contribution >= 0.6 is 0 Å². The van der Waals surface area contributed by atoms with Crippen molar-refractivity contribution in [3.05, 3.63) is 0 Å². The summed E-state index contributed by atoms with van der Waals surface area (Å²) >= 11 is 0. The first kappa shape index (κ1) is 11.1. The summed E-state index contributed by atoms with van der Waals surface area (Å²) in [4.78, 5) is 0. The number of hydrogen-bond donors (Lipinski definition) is 1. The normalized spacial score (nSPS) is 46.9. The highest BCUT2D eigenvalue weighted by Gasteiger charge is 2.51. The van der Waals surface area contributed by atoms with Crippen LogP contribution in [-0.2, 0) is 0 Å². The quantitative estimate of drug-likeness (QED) is 0.717. The van der Waals surface area contributed by atoms with Crippen LogP contribution in [0.4, 0.5) is 0 Å². The molecule has 0 amide bonds. The molecule has 2 N–H and O–H groups in total. The lowest BCUT2D eigenvalue weighted by Crippen LogP contribution is -2.49. The number of fused-ring (bicyclic) bond motifs is 1. The molecule has 4 unspecified atom stereocenters. The van der Waals surface area contributed by atoms with Crippen molar-refractivity contribution < 1.29 is 0 Å². The van der Waals surface area contributed by atoms with Crippen LogP contribution in [0.2, 0.25) is 0 Å². The molecule has 3 fully saturated rings. The van der Waals surface area contributed by atoms with E-state index in [1.807, 2.05) is 0 Å². The Bertz CT molecular complexity index is 254. The van der Waals surface area contributed by atoms with Gasteiger partial charge in [0.1, 0.15) is 0 Å². The van der Waals surface area contributed by atoms with Gasteiger partial charge in [-0.05, 0) is 55.8 Å². The molecule has 0 saturated heterocycles. The van der Waals surface area contributed by atoms with Crippen LogP contribution in [0.5, 0.6) is 0 Å². The van der Waals surface area contributed by atoms with Gasteiger partial charge in [-0.3, -0.25) is 0 Å². The number of hydrogen-bond acceptors (Lipinski definition) is 1. The fraction of sp³-hybridized carbons (Fsp3) is 1.00. The summed E-state index contributed by atoms with van der Waals surface area (Å²) in [5.74, 6) is 3.92. The average Bonchev–Trinajstić information content (AvgIpc) is 2.97. The minimum absolute atomic E-state index is 0.238. The minimum atomic E-state index is 0.238. The van der Waals surface area contributed by atoms with E-state index >= 15 is 0 Å². The molecule has 0 aromatic carbocycles. The summed E-state index contributed by atoms with van der Waals surface area (Å²) in [7, 11) is 0. The summed E-state index contributed by atoms with van der Waals surface area (Å²) < 4.78 is 0. The Morgan fingerprint density at radius 3 is 2.50 bits per heavy atom. The summed E-state index contributed by atoms with van der Waals surface area (Å²) in [6.07, 6.45) is 12.7. The van der Waals surface area contributed by atoms with Crippen LogP contribution < -0.4 is 5.73 Å². The summed E-state index contributed by atoms with van der Waals surface area (Å²) in [6, 6.07) is 0. The van der Waals surface area contributed by atoms with Crippen LogP contribution in [0.1, 0.15) is 64.7 Å². The molecule has 0 aromatic rings. The lowest BCUT2D eigenvalue weighted by Gasteiger charge is -2.41. The molecule has 0 radical (unpaired) electrons. The Labute approximate surface area is 100 Å². The van der Waals surface area contributed by atoms with Crippen molar-refractivity contribution in [2.45, 2.75) is 70.3 Å². The zero-order valence-corrected chi connectivity index (χ0v) is 10.8. The lowest BCUT2D eigenvalue weighted by atomic mass is 9.70. The van der Waals surface area contributed by atoms with Crippen molar-refractivity contribution >= 4 is 0 Å². The standard InChI is InChI=1S/C15H27N/c1-11-5-6-14(13-10-12(13)9-11)15(16)7-3-2-4-8-15/h11-14H,2-10,16H2,1H3. The van der Waals surface area contributed by atoms with Gasteiger partial charge in [0.15, 0.2) is 0 Å². The predicted octanol–water partition coefficient (Wildman–Crippen LogP) is 3.72. The van der Waals surface area contributed by atoms with E-state index in [4.69, 9.17) is 5.73 Å². The maximum absolute atomic E-state index is 6.77. The van der Waals surface area contributed by atoms with Crippen molar-refractivity contribution in [2.24, 2.45) is 29.4 Å². The van der Waals surface area contributed by atoms with Gasteiger partial charge >= 0.3 is 0 Å². The largest absolute Gasteiger partial charge is 0.325 e. The topological polar surface area (TPSA) is 26.0 Å². The van der Waals surface area contributed by atoms with Gasteiger partial charge in [0.25, 0.3) is 0 Å². The van der Waals surface area contributed by atoms with E-state index in [9.17, 15) is 0 Å². The molecule has 92 valence electrons. The monoisotopic (exact) mass is 221 g/mol.